The number of carbonyl (C=O) groups excluding carboxylic acids is 1. The normalized spacial score (nSPS) is 17.7. The molecule has 1 atom stereocenters. The zero-order valence-electron chi connectivity index (χ0n) is 13.1. The van der Waals surface area contributed by atoms with Gasteiger partial charge in [-0.25, -0.2) is 0 Å². The van der Waals surface area contributed by atoms with Gasteiger partial charge in [-0.05, 0) is 18.9 Å². The van der Waals surface area contributed by atoms with Crippen molar-refractivity contribution in [1.82, 2.24) is 30.1 Å². The molecule has 1 aliphatic rings. The van der Waals surface area contributed by atoms with E-state index in [9.17, 15) is 4.79 Å². The van der Waals surface area contributed by atoms with Crippen molar-refractivity contribution in [1.29, 1.82) is 0 Å². The second-order valence-corrected chi connectivity index (χ2v) is 6.00. The zero-order chi connectivity index (χ0) is 16.5. The highest BCUT2D eigenvalue weighted by molar-refractivity contribution is 6.04. The first-order chi connectivity index (χ1) is 11.8. The summed E-state index contributed by atoms with van der Waals surface area (Å²) in [5, 5.41) is 24.9. The van der Waals surface area contributed by atoms with E-state index < -0.39 is 0 Å². The summed E-state index contributed by atoms with van der Waals surface area (Å²) in [5.74, 6) is -0.0579. The molecule has 1 fully saturated rings. The Labute approximate surface area is 138 Å². The average Bonchev–Trinajstić information content (AvgIpc) is 3.34. The van der Waals surface area contributed by atoms with E-state index in [4.69, 9.17) is 5.11 Å². The molecule has 3 heterocycles. The lowest BCUT2D eigenvalue weighted by atomic mass is 10.1. The molecule has 124 valence electrons. The first-order valence-corrected chi connectivity index (χ1v) is 8.00. The number of hydrogen-bond acceptors (Lipinski definition) is 5. The van der Waals surface area contributed by atoms with Gasteiger partial charge >= 0.3 is 0 Å². The summed E-state index contributed by atoms with van der Waals surface area (Å²) >= 11 is 0. The summed E-state index contributed by atoms with van der Waals surface area (Å²) in [6, 6.07) is 7.69. The number of rotatable bonds is 4. The second-order valence-electron chi connectivity index (χ2n) is 6.00. The molecule has 24 heavy (non-hydrogen) atoms. The van der Waals surface area contributed by atoms with Gasteiger partial charge in [0.1, 0.15) is 5.69 Å². The third-order valence-electron chi connectivity index (χ3n) is 4.46. The number of para-hydroxylation sites is 1. The van der Waals surface area contributed by atoms with Crippen LogP contribution in [0.2, 0.25) is 0 Å². The molecule has 0 radical (unpaired) electrons. The maximum atomic E-state index is 12.9. The molecule has 2 N–H and O–H groups in total. The highest BCUT2D eigenvalue weighted by atomic mass is 16.3. The fourth-order valence-corrected chi connectivity index (χ4v) is 3.27. The lowest BCUT2D eigenvalue weighted by Gasteiger charge is -2.23. The summed E-state index contributed by atoms with van der Waals surface area (Å²) in [6.45, 7) is 1.15. The van der Waals surface area contributed by atoms with Gasteiger partial charge in [0.15, 0.2) is 5.69 Å². The molecule has 1 saturated heterocycles. The quantitative estimate of drug-likeness (QED) is 0.743. The highest BCUT2D eigenvalue weighted by Gasteiger charge is 2.32. The van der Waals surface area contributed by atoms with Crippen molar-refractivity contribution < 1.29 is 9.90 Å². The first-order valence-electron chi connectivity index (χ1n) is 8.00. The maximum Gasteiger partial charge on any atom is 0.275 e. The van der Waals surface area contributed by atoms with Gasteiger partial charge in [0.25, 0.3) is 5.91 Å². The van der Waals surface area contributed by atoms with Crippen molar-refractivity contribution in [3.05, 3.63) is 41.9 Å². The van der Waals surface area contributed by atoms with E-state index in [1.54, 1.807) is 10.9 Å². The van der Waals surface area contributed by atoms with Gasteiger partial charge in [-0.2, -0.15) is 5.10 Å². The van der Waals surface area contributed by atoms with E-state index in [0.717, 1.165) is 23.7 Å². The maximum absolute atomic E-state index is 12.9. The van der Waals surface area contributed by atoms with Crippen molar-refractivity contribution in [2.24, 2.45) is 0 Å². The second kappa shape index (κ2) is 6.04. The van der Waals surface area contributed by atoms with Gasteiger partial charge < -0.3 is 10.0 Å². The van der Waals surface area contributed by atoms with Crippen LogP contribution in [0.25, 0.3) is 10.9 Å². The molecular formula is C16H18N6O2. The number of aliphatic hydroxyl groups excluding tert-OH is 1. The molecule has 0 aliphatic carbocycles. The number of fused-ring (bicyclic) bond motifs is 1. The standard InChI is InChI=1S/C16H18N6O2/c23-10-11-8-21(20-17-11)9-12-4-3-7-22(12)16(24)15-13-5-1-2-6-14(13)18-19-15/h1-2,5-6,8,12,23H,3-4,7,9-10H2,(H,18,19)/t12-/m0/s1. The number of likely N-dealkylation sites (tertiary alicyclic amines) is 1. The molecule has 4 rings (SSSR count). The molecular weight excluding hydrogens is 308 g/mol. The Morgan fingerprint density at radius 3 is 3.08 bits per heavy atom. The zero-order valence-corrected chi connectivity index (χ0v) is 13.1. The van der Waals surface area contributed by atoms with E-state index in [1.807, 2.05) is 29.2 Å². The predicted octanol–water partition coefficient (Wildman–Crippen LogP) is 0.951. The number of nitrogens with zero attached hydrogens (tertiary/aromatic N) is 5. The average molecular weight is 326 g/mol. The minimum absolute atomic E-state index is 0.0567. The number of carbonyl (C=O) groups is 1. The predicted molar refractivity (Wildman–Crippen MR) is 86.1 cm³/mol. The Bertz CT molecular complexity index is 870. The van der Waals surface area contributed by atoms with Crippen molar-refractivity contribution in [2.75, 3.05) is 6.54 Å². The van der Waals surface area contributed by atoms with Gasteiger partial charge in [0, 0.05) is 11.9 Å². The summed E-state index contributed by atoms with van der Waals surface area (Å²) in [7, 11) is 0. The summed E-state index contributed by atoms with van der Waals surface area (Å²) < 4.78 is 1.68. The van der Waals surface area contributed by atoms with Gasteiger partial charge in [-0.1, -0.05) is 23.4 Å². The number of amides is 1. The van der Waals surface area contributed by atoms with Crippen molar-refractivity contribution in [3.63, 3.8) is 0 Å². The number of hydrogen-bond donors (Lipinski definition) is 2. The number of H-pyrrole nitrogens is 1. The topological polar surface area (TPSA) is 99.9 Å². The summed E-state index contributed by atoms with van der Waals surface area (Å²) in [4.78, 5) is 14.8. The molecule has 0 spiro atoms. The molecule has 0 unspecified atom stereocenters. The molecule has 0 saturated carbocycles. The van der Waals surface area contributed by atoms with Crippen LogP contribution in [0.15, 0.2) is 30.5 Å². The molecule has 8 nitrogen and oxygen atoms in total. The SMILES string of the molecule is O=C(c1n[nH]c2ccccc12)N1CCC[C@H]1Cn1cc(CO)nn1. The Balaban J connectivity index is 1.56. The Morgan fingerprint density at radius 1 is 1.38 bits per heavy atom. The molecule has 2 aromatic heterocycles. The van der Waals surface area contributed by atoms with Crippen LogP contribution in [-0.4, -0.2) is 53.7 Å². The van der Waals surface area contributed by atoms with Crippen molar-refractivity contribution >= 4 is 16.8 Å². The minimum Gasteiger partial charge on any atom is -0.390 e. The van der Waals surface area contributed by atoms with Gasteiger partial charge in [-0.3, -0.25) is 14.6 Å². The van der Waals surface area contributed by atoms with E-state index >= 15 is 0 Å². The van der Waals surface area contributed by atoms with Gasteiger partial charge in [-0.15, -0.1) is 5.10 Å². The van der Waals surface area contributed by atoms with E-state index in [-0.39, 0.29) is 18.6 Å². The lowest BCUT2D eigenvalue weighted by Crippen LogP contribution is -2.38. The number of nitrogens with one attached hydrogen (secondary N) is 1. The Hall–Kier alpha value is -2.74. The number of benzene rings is 1. The fraction of sp³-hybridized carbons (Fsp3) is 0.375. The smallest absolute Gasteiger partial charge is 0.275 e. The molecule has 0 bridgehead atoms. The molecule has 1 amide bonds. The highest BCUT2D eigenvalue weighted by Crippen LogP contribution is 2.24. The lowest BCUT2D eigenvalue weighted by molar-refractivity contribution is 0.0717. The van der Waals surface area contributed by atoms with Crippen LogP contribution in [0, 0.1) is 0 Å². The van der Waals surface area contributed by atoms with E-state index in [0.29, 0.717) is 24.5 Å². The number of aromatic nitrogens is 5. The van der Waals surface area contributed by atoms with Gasteiger partial charge in [0.2, 0.25) is 0 Å². The van der Waals surface area contributed by atoms with E-state index in [2.05, 4.69) is 20.5 Å². The molecule has 1 aromatic carbocycles. The van der Waals surface area contributed by atoms with Crippen LogP contribution >= 0.6 is 0 Å². The number of aliphatic hydroxyl groups is 1. The van der Waals surface area contributed by atoms with Crippen molar-refractivity contribution in [2.45, 2.75) is 32.0 Å². The van der Waals surface area contributed by atoms with Crippen LogP contribution in [-0.2, 0) is 13.2 Å². The fourth-order valence-electron chi connectivity index (χ4n) is 3.27. The summed E-state index contributed by atoms with van der Waals surface area (Å²) in [5.41, 5.74) is 1.86. The largest absolute Gasteiger partial charge is 0.390 e. The Kier molecular flexibility index (Phi) is 3.73. The van der Waals surface area contributed by atoms with Crippen LogP contribution < -0.4 is 0 Å². The van der Waals surface area contributed by atoms with Crippen LogP contribution in [0.4, 0.5) is 0 Å². The molecule has 8 heteroatoms. The third-order valence-corrected chi connectivity index (χ3v) is 4.46. The molecule has 3 aromatic rings. The van der Waals surface area contributed by atoms with Crippen LogP contribution in [0.5, 0.6) is 0 Å². The monoisotopic (exact) mass is 326 g/mol. The number of aromatic amines is 1. The van der Waals surface area contributed by atoms with E-state index in [1.165, 1.54) is 0 Å². The minimum atomic E-state index is -0.132. The van der Waals surface area contributed by atoms with Gasteiger partial charge in [0.05, 0.1) is 30.9 Å². The summed E-state index contributed by atoms with van der Waals surface area (Å²) in [6.07, 6.45) is 3.59. The molecule has 1 aliphatic heterocycles. The Morgan fingerprint density at radius 2 is 2.25 bits per heavy atom. The van der Waals surface area contributed by atoms with Crippen LogP contribution in [0.1, 0.15) is 29.0 Å². The first kappa shape index (κ1) is 14.8. The van der Waals surface area contributed by atoms with Crippen molar-refractivity contribution in [3.8, 4) is 0 Å². The third kappa shape index (κ3) is 2.54. The van der Waals surface area contributed by atoms with Crippen LogP contribution in [0.3, 0.4) is 0 Å².